The van der Waals surface area contributed by atoms with Crippen molar-refractivity contribution in [1.29, 1.82) is 0 Å². The lowest BCUT2D eigenvalue weighted by molar-refractivity contribution is -0.113. The fourth-order valence-corrected chi connectivity index (χ4v) is 0.867. The van der Waals surface area contributed by atoms with Gasteiger partial charge in [-0.2, -0.15) is 0 Å². The molecule has 0 atom stereocenters. The Hall–Kier alpha value is -1.62. The molecule has 0 saturated heterocycles. The van der Waals surface area contributed by atoms with Crippen molar-refractivity contribution < 1.29 is 9.47 Å². The number of rotatable bonds is 2. The molecule has 0 aromatic carbocycles. The van der Waals surface area contributed by atoms with Crippen molar-refractivity contribution in [2.75, 3.05) is 0 Å². The second-order valence-electron chi connectivity index (χ2n) is 3.02. The monoisotopic (exact) mass is 176 g/mol. The van der Waals surface area contributed by atoms with E-state index < -0.39 is 5.79 Å². The molecule has 13 heavy (non-hydrogen) atoms. The van der Waals surface area contributed by atoms with Crippen molar-refractivity contribution in [3.63, 3.8) is 0 Å². The van der Waals surface area contributed by atoms with Gasteiger partial charge in [0, 0.05) is 13.8 Å². The number of allylic oxidation sites excluding steroid dienone is 4. The van der Waals surface area contributed by atoms with Crippen LogP contribution in [-0.2, 0) is 9.47 Å². The van der Waals surface area contributed by atoms with Gasteiger partial charge in [-0.1, -0.05) is 18.1 Å². The van der Waals surface area contributed by atoms with Crippen LogP contribution in [0.25, 0.3) is 0 Å². The zero-order valence-electron chi connectivity index (χ0n) is 7.78. The highest BCUT2D eigenvalue weighted by Crippen LogP contribution is 2.24. The molecule has 0 fully saturated rings. The maximum atomic E-state index is 5.40. The van der Waals surface area contributed by atoms with Crippen molar-refractivity contribution in [3.05, 3.63) is 36.3 Å². The van der Waals surface area contributed by atoms with E-state index in [1.807, 2.05) is 13.8 Å². The summed E-state index contributed by atoms with van der Waals surface area (Å²) in [4.78, 5) is 0. The number of hydrogen-bond donors (Lipinski definition) is 0. The number of terminal acetylenes is 1. The van der Waals surface area contributed by atoms with Crippen LogP contribution in [0.15, 0.2) is 36.3 Å². The predicted molar refractivity (Wildman–Crippen MR) is 51.4 cm³/mol. The summed E-state index contributed by atoms with van der Waals surface area (Å²) in [6.07, 6.45) is 13.6. The highest BCUT2D eigenvalue weighted by atomic mass is 16.7. The molecule has 1 aliphatic heterocycles. The van der Waals surface area contributed by atoms with E-state index in [1.54, 1.807) is 30.6 Å². The Labute approximate surface area is 78.5 Å². The second-order valence-corrected chi connectivity index (χ2v) is 3.02. The van der Waals surface area contributed by atoms with E-state index in [9.17, 15) is 0 Å². The minimum Gasteiger partial charge on any atom is -0.457 e. The van der Waals surface area contributed by atoms with Crippen molar-refractivity contribution in [2.45, 2.75) is 19.6 Å². The van der Waals surface area contributed by atoms with Gasteiger partial charge in [0.15, 0.2) is 5.76 Å². The first-order valence-electron chi connectivity index (χ1n) is 4.00. The molecule has 68 valence electrons. The number of ether oxygens (including phenoxy) is 2. The largest absolute Gasteiger partial charge is 0.457 e. The van der Waals surface area contributed by atoms with Crippen LogP contribution >= 0.6 is 0 Å². The Morgan fingerprint density at radius 1 is 1.46 bits per heavy atom. The zero-order chi connectivity index (χ0) is 9.73. The maximum absolute atomic E-state index is 5.40. The Kier molecular flexibility index (Phi) is 2.81. The molecule has 2 heteroatoms. The summed E-state index contributed by atoms with van der Waals surface area (Å²) < 4.78 is 10.6. The van der Waals surface area contributed by atoms with E-state index in [4.69, 9.17) is 15.9 Å². The van der Waals surface area contributed by atoms with E-state index in [0.717, 1.165) is 0 Å². The van der Waals surface area contributed by atoms with Gasteiger partial charge < -0.3 is 9.47 Å². The molecule has 2 nitrogen and oxygen atoms in total. The summed E-state index contributed by atoms with van der Waals surface area (Å²) in [5.74, 6) is 2.54. The minimum atomic E-state index is -0.546. The van der Waals surface area contributed by atoms with Gasteiger partial charge in [0.2, 0.25) is 5.79 Å². The first-order chi connectivity index (χ1) is 6.14. The SMILES string of the molecule is C#C/C=C/C=C/C1=COC(C)(C)O1. The van der Waals surface area contributed by atoms with Crippen LogP contribution in [0.4, 0.5) is 0 Å². The van der Waals surface area contributed by atoms with E-state index in [0.29, 0.717) is 5.76 Å². The van der Waals surface area contributed by atoms with Gasteiger partial charge in [-0.3, -0.25) is 0 Å². The van der Waals surface area contributed by atoms with Gasteiger partial charge in [-0.05, 0) is 12.2 Å². The quantitative estimate of drug-likeness (QED) is 0.475. The average molecular weight is 176 g/mol. The van der Waals surface area contributed by atoms with Crippen LogP contribution in [0.2, 0.25) is 0 Å². The molecule has 0 amide bonds. The third-order valence-corrected chi connectivity index (χ3v) is 1.39. The molecule has 0 aliphatic carbocycles. The fourth-order valence-electron chi connectivity index (χ4n) is 0.867. The molecular formula is C11H12O2. The average Bonchev–Trinajstić information content (AvgIpc) is 2.40. The predicted octanol–water partition coefficient (Wildman–Crippen LogP) is 2.36. The third-order valence-electron chi connectivity index (χ3n) is 1.39. The fraction of sp³-hybridized carbons (Fsp3) is 0.273. The molecule has 0 spiro atoms. The van der Waals surface area contributed by atoms with Gasteiger partial charge >= 0.3 is 0 Å². The lowest BCUT2D eigenvalue weighted by Crippen LogP contribution is -2.19. The van der Waals surface area contributed by atoms with Crippen LogP contribution < -0.4 is 0 Å². The first kappa shape index (κ1) is 9.47. The second kappa shape index (κ2) is 3.86. The van der Waals surface area contributed by atoms with Crippen LogP contribution in [0.5, 0.6) is 0 Å². The van der Waals surface area contributed by atoms with Crippen LogP contribution in [0.3, 0.4) is 0 Å². The molecule has 1 heterocycles. The van der Waals surface area contributed by atoms with E-state index in [2.05, 4.69) is 5.92 Å². The Balaban J connectivity index is 2.45. The lowest BCUT2D eigenvalue weighted by atomic mass is 10.4. The normalized spacial score (nSPS) is 19.6. The molecular weight excluding hydrogens is 164 g/mol. The lowest BCUT2D eigenvalue weighted by Gasteiger charge is -2.17. The van der Waals surface area contributed by atoms with Crippen LogP contribution in [-0.4, -0.2) is 5.79 Å². The zero-order valence-corrected chi connectivity index (χ0v) is 7.78. The summed E-state index contributed by atoms with van der Waals surface area (Å²) in [5.41, 5.74) is 0. The molecule has 0 N–H and O–H groups in total. The van der Waals surface area contributed by atoms with Crippen molar-refractivity contribution >= 4 is 0 Å². The molecule has 0 aromatic heterocycles. The number of hydrogen-bond acceptors (Lipinski definition) is 2. The van der Waals surface area contributed by atoms with Crippen LogP contribution in [0, 0.1) is 12.3 Å². The van der Waals surface area contributed by atoms with E-state index >= 15 is 0 Å². The molecule has 0 radical (unpaired) electrons. The summed E-state index contributed by atoms with van der Waals surface area (Å²) in [7, 11) is 0. The Bertz CT molecular complexity index is 301. The summed E-state index contributed by atoms with van der Waals surface area (Å²) in [6.45, 7) is 3.70. The smallest absolute Gasteiger partial charge is 0.245 e. The van der Waals surface area contributed by atoms with E-state index in [-0.39, 0.29) is 0 Å². The van der Waals surface area contributed by atoms with Gasteiger partial charge in [0.25, 0.3) is 0 Å². The van der Waals surface area contributed by atoms with Crippen LogP contribution in [0.1, 0.15) is 13.8 Å². The molecule has 0 aromatic rings. The summed E-state index contributed by atoms with van der Waals surface area (Å²) in [6, 6.07) is 0. The van der Waals surface area contributed by atoms with Crippen molar-refractivity contribution in [2.24, 2.45) is 0 Å². The van der Waals surface area contributed by atoms with Gasteiger partial charge in [0.05, 0.1) is 0 Å². The summed E-state index contributed by atoms with van der Waals surface area (Å²) in [5, 5.41) is 0. The van der Waals surface area contributed by atoms with Crippen molar-refractivity contribution in [3.8, 4) is 12.3 Å². The molecule has 1 aliphatic rings. The molecule has 0 bridgehead atoms. The topological polar surface area (TPSA) is 18.5 Å². The Morgan fingerprint density at radius 3 is 2.77 bits per heavy atom. The van der Waals surface area contributed by atoms with E-state index in [1.165, 1.54) is 0 Å². The molecule has 0 saturated carbocycles. The third kappa shape index (κ3) is 3.08. The molecule has 1 rings (SSSR count). The summed E-state index contributed by atoms with van der Waals surface area (Å²) >= 11 is 0. The first-order valence-corrected chi connectivity index (χ1v) is 4.00. The Morgan fingerprint density at radius 2 is 2.23 bits per heavy atom. The highest BCUT2D eigenvalue weighted by Gasteiger charge is 2.25. The van der Waals surface area contributed by atoms with Crippen molar-refractivity contribution in [1.82, 2.24) is 0 Å². The van der Waals surface area contributed by atoms with Gasteiger partial charge in [0.1, 0.15) is 6.26 Å². The maximum Gasteiger partial charge on any atom is 0.245 e. The van der Waals surface area contributed by atoms with Gasteiger partial charge in [-0.15, -0.1) is 6.42 Å². The molecule has 0 unspecified atom stereocenters. The van der Waals surface area contributed by atoms with Gasteiger partial charge in [-0.25, -0.2) is 0 Å². The minimum absolute atomic E-state index is 0.546. The standard InChI is InChI=1S/C11H12O2/c1-4-5-6-7-8-10-9-12-11(2,3)13-10/h1,5-9H,2-3H3/b6-5+,8-7+. The highest BCUT2D eigenvalue weighted by molar-refractivity contribution is 5.21.